The molecule has 0 spiro atoms. The summed E-state index contributed by atoms with van der Waals surface area (Å²) in [6.07, 6.45) is 3.21. The highest BCUT2D eigenvalue weighted by molar-refractivity contribution is 6.06. The summed E-state index contributed by atoms with van der Waals surface area (Å²) in [4.78, 5) is 37.7. The van der Waals surface area contributed by atoms with Gasteiger partial charge in [-0.15, -0.1) is 0 Å². The third-order valence-corrected chi connectivity index (χ3v) is 5.03. The first-order valence-electron chi connectivity index (χ1n) is 9.84. The molecule has 32 heavy (non-hydrogen) atoms. The lowest BCUT2D eigenvalue weighted by molar-refractivity contribution is 0.0555. The van der Waals surface area contributed by atoms with Gasteiger partial charge in [0, 0.05) is 6.20 Å². The van der Waals surface area contributed by atoms with Crippen molar-refractivity contribution >= 4 is 28.9 Å². The van der Waals surface area contributed by atoms with E-state index in [1.54, 1.807) is 29.2 Å². The van der Waals surface area contributed by atoms with Gasteiger partial charge in [0.05, 0.1) is 42.4 Å². The molecule has 0 fully saturated rings. The van der Waals surface area contributed by atoms with Crippen LogP contribution in [0.5, 0.6) is 0 Å². The molecule has 4 rings (SSSR count). The summed E-state index contributed by atoms with van der Waals surface area (Å²) in [7, 11) is 2.50. The van der Waals surface area contributed by atoms with Crippen LogP contribution in [0.2, 0.25) is 0 Å². The number of methoxy groups -OCH3 is 2. The van der Waals surface area contributed by atoms with E-state index in [2.05, 4.69) is 20.3 Å². The lowest BCUT2D eigenvalue weighted by Crippen LogP contribution is -2.12. The van der Waals surface area contributed by atoms with Crippen LogP contribution in [0.4, 0.5) is 5.95 Å². The monoisotopic (exact) mass is 431 g/mol. The normalized spacial score (nSPS) is 11.7. The molecule has 0 aliphatic rings. The Morgan fingerprint density at radius 2 is 1.66 bits per heavy atom. The van der Waals surface area contributed by atoms with E-state index in [9.17, 15) is 9.59 Å². The Bertz CT molecular complexity index is 1290. The number of esters is 2. The summed E-state index contributed by atoms with van der Waals surface area (Å²) in [5.74, 6) is -0.306. The van der Waals surface area contributed by atoms with Crippen molar-refractivity contribution in [2.45, 2.75) is 13.0 Å². The van der Waals surface area contributed by atoms with Crippen LogP contribution in [0.3, 0.4) is 0 Å². The van der Waals surface area contributed by atoms with E-state index >= 15 is 0 Å². The minimum Gasteiger partial charge on any atom is -0.465 e. The third kappa shape index (κ3) is 4.00. The molecule has 0 bridgehead atoms. The summed E-state index contributed by atoms with van der Waals surface area (Å²) in [5, 5.41) is 3.29. The largest absolute Gasteiger partial charge is 0.465 e. The van der Waals surface area contributed by atoms with Crippen LogP contribution in [-0.2, 0) is 9.47 Å². The Hall–Kier alpha value is -4.27. The average Bonchev–Trinajstić information content (AvgIpc) is 3.26. The maximum absolute atomic E-state index is 12.3. The second-order valence-electron chi connectivity index (χ2n) is 7.00. The van der Waals surface area contributed by atoms with E-state index in [-0.39, 0.29) is 17.2 Å². The molecule has 9 nitrogen and oxygen atoms in total. The molecule has 162 valence electrons. The first kappa shape index (κ1) is 21.0. The molecular formula is C23H21N5O4. The zero-order valence-electron chi connectivity index (χ0n) is 17.8. The van der Waals surface area contributed by atoms with E-state index in [1.165, 1.54) is 20.3 Å². The number of fused-ring (bicyclic) bond motifs is 1. The van der Waals surface area contributed by atoms with E-state index in [1.807, 2.05) is 37.3 Å². The van der Waals surface area contributed by atoms with Crippen LogP contribution in [-0.4, -0.2) is 45.7 Å². The van der Waals surface area contributed by atoms with Crippen molar-refractivity contribution in [2.75, 3.05) is 19.5 Å². The summed E-state index contributed by atoms with van der Waals surface area (Å²) in [6, 6.07) is 14.7. The molecule has 2 aromatic heterocycles. The standard InChI is InChI=1S/C23H21N5O4/c1-14(15-7-5-4-6-8-15)26-23-24-10-9-20(27-23)28-13-25-18-11-16(21(29)31-2)17(12-19(18)28)22(30)32-3/h4-14H,1-3H3,(H,24,26,27). The molecule has 0 aliphatic heterocycles. The molecule has 9 heteroatoms. The van der Waals surface area contributed by atoms with Crippen molar-refractivity contribution in [3.05, 3.63) is 77.7 Å². The van der Waals surface area contributed by atoms with E-state index in [4.69, 9.17) is 9.47 Å². The van der Waals surface area contributed by atoms with Gasteiger partial charge < -0.3 is 14.8 Å². The number of rotatable bonds is 6. The van der Waals surface area contributed by atoms with Gasteiger partial charge in [-0.1, -0.05) is 30.3 Å². The topological polar surface area (TPSA) is 108 Å². The number of anilines is 1. The highest BCUT2D eigenvalue weighted by atomic mass is 16.5. The van der Waals surface area contributed by atoms with Gasteiger partial charge in [-0.2, -0.15) is 4.98 Å². The predicted molar refractivity (Wildman–Crippen MR) is 118 cm³/mol. The van der Waals surface area contributed by atoms with Crippen LogP contribution in [0.25, 0.3) is 16.9 Å². The Kier molecular flexibility index (Phi) is 5.80. The van der Waals surface area contributed by atoms with Crippen molar-refractivity contribution in [1.82, 2.24) is 19.5 Å². The maximum atomic E-state index is 12.3. The number of nitrogens with zero attached hydrogens (tertiary/aromatic N) is 4. The lowest BCUT2D eigenvalue weighted by atomic mass is 10.1. The number of ether oxygens (including phenoxy) is 2. The van der Waals surface area contributed by atoms with Crippen LogP contribution >= 0.6 is 0 Å². The van der Waals surface area contributed by atoms with Gasteiger partial charge in [0.15, 0.2) is 0 Å². The van der Waals surface area contributed by atoms with E-state index in [0.717, 1.165) is 5.56 Å². The van der Waals surface area contributed by atoms with Gasteiger partial charge >= 0.3 is 11.9 Å². The van der Waals surface area contributed by atoms with Gasteiger partial charge in [0.1, 0.15) is 12.1 Å². The number of aromatic nitrogens is 4. The fraction of sp³-hybridized carbons (Fsp3) is 0.174. The second-order valence-corrected chi connectivity index (χ2v) is 7.00. The summed E-state index contributed by atoms with van der Waals surface area (Å²) in [5.41, 5.74) is 2.35. The molecule has 0 amide bonds. The summed E-state index contributed by atoms with van der Waals surface area (Å²) in [6.45, 7) is 2.02. The third-order valence-electron chi connectivity index (χ3n) is 5.03. The molecule has 0 saturated carbocycles. The molecule has 2 heterocycles. The summed E-state index contributed by atoms with van der Waals surface area (Å²) < 4.78 is 11.3. The van der Waals surface area contributed by atoms with Crippen molar-refractivity contribution in [3.63, 3.8) is 0 Å². The molecule has 2 aromatic carbocycles. The van der Waals surface area contributed by atoms with E-state index in [0.29, 0.717) is 22.8 Å². The van der Waals surface area contributed by atoms with Gasteiger partial charge in [0.25, 0.3) is 0 Å². The molecule has 1 unspecified atom stereocenters. The zero-order valence-corrected chi connectivity index (χ0v) is 17.8. The van der Waals surface area contributed by atoms with Crippen molar-refractivity contribution < 1.29 is 19.1 Å². The first-order chi connectivity index (χ1) is 15.5. The highest BCUT2D eigenvalue weighted by Gasteiger charge is 2.22. The van der Waals surface area contributed by atoms with Gasteiger partial charge in [-0.05, 0) is 30.7 Å². The minimum absolute atomic E-state index is 0.000442. The molecular weight excluding hydrogens is 410 g/mol. The van der Waals surface area contributed by atoms with Crippen molar-refractivity contribution in [1.29, 1.82) is 0 Å². The first-order valence-corrected chi connectivity index (χ1v) is 9.84. The number of nitrogens with one attached hydrogen (secondary N) is 1. The number of carbonyl (C=O) groups excluding carboxylic acids is 2. The number of carbonyl (C=O) groups is 2. The predicted octanol–water partition coefficient (Wildman–Crippen LogP) is 3.56. The quantitative estimate of drug-likeness (QED) is 0.462. The maximum Gasteiger partial charge on any atom is 0.338 e. The van der Waals surface area contributed by atoms with Crippen molar-refractivity contribution in [2.24, 2.45) is 0 Å². The molecule has 0 saturated heterocycles. The summed E-state index contributed by atoms with van der Waals surface area (Å²) >= 11 is 0. The second kappa shape index (κ2) is 8.84. The smallest absolute Gasteiger partial charge is 0.338 e. The number of hydrogen-bond donors (Lipinski definition) is 1. The van der Waals surface area contributed by atoms with Crippen LogP contribution in [0, 0.1) is 0 Å². The molecule has 1 atom stereocenters. The number of benzene rings is 2. The highest BCUT2D eigenvalue weighted by Crippen LogP contribution is 2.24. The number of imidazole rings is 1. The van der Waals surface area contributed by atoms with Gasteiger partial charge in [-0.25, -0.2) is 19.6 Å². The van der Waals surface area contributed by atoms with Gasteiger partial charge in [0.2, 0.25) is 5.95 Å². The minimum atomic E-state index is -0.651. The average molecular weight is 431 g/mol. The Morgan fingerprint density at radius 1 is 0.969 bits per heavy atom. The fourth-order valence-electron chi connectivity index (χ4n) is 3.37. The lowest BCUT2D eigenvalue weighted by Gasteiger charge is -2.15. The van der Waals surface area contributed by atoms with Crippen LogP contribution < -0.4 is 5.32 Å². The molecule has 0 aliphatic carbocycles. The fourth-order valence-corrected chi connectivity index (χ4v) is 3.37. The SMILES string of the molecule is COC(=O)c1cc2ncn(-c3ccnc(NC(C)c4ccccc4)n3)c2cc1C(=O)OC. The zero-order chi connectivity index (χ0) is 22.7. The van der Waals surface area contributed by atoms with Crippen molar-refractivity contribution in [3.8, 4) is 5.82 Å². The van der Waals surface area contributed by atoms with Gasteiger partial charge in [-0.3, -0.25) is 4.57 Å². The van der Waals surface area contributed by atoms with Crippen LogP contribution in [0.1, 0.15) is 39.2 Å². The number of hydrogen-bond acceptors (Lipinski definition) is 8. The van der Waals surface area contributed by atoms with E-state index < -0.39 is 11.9 Å². The van der Waals surface area contributed by atoms with Crippen LogP contribution in [0.15, 0.2) is 61.1 Å². The Morgan fingerprint density at radius 3 is 2.34 bits per heavy atom. The molecule has 1 N–H and O–H groups in total. The Labute approximate surface area is 184 Å². The molecule has 4 aromatic rings. The molecule has 0 radical (unpaired) electrons. The Balaban J connectivity index is 1.73.